The van der Waals surface area contributed by atoms with Gasteiger partial charge in [0.25, 0.3) is 0 Å². The third-order valence-corrected chi connectivity index (χ3v) is 6.71. The highest BCUT2D eigenvalue weighted by Gasteiger charge is 2.52. The number of benzene rings is 1. The lowest BCUT2D eigenvalue weighted by Gasteiger charge is -2.51. The fourth-order valence-corrected chi connectivity index (χ4v) is 5.65. The molecule has 25 heavy (non-hydrogen) atoms. The highest BCUT2D eigenvalue weighted by molar-refractivity contribution is 5.27. The Hall–Kier alpha value is -1.65. The minimum absolute atomic E-state index is 0.680. The van der Waals surface area contributed by atoms with E-state index in [-0.39, 0.29) is 0 Å². The Balaban J connectivity index is 1.34. The molecule has 4 aliphatic rings. The molecule has 0 amide bonds. The normalized spacial score (nSPS) is 34.3. The van der Waals surface area contributed by atoms with Crippen LogP contribution >= 0.6 is 0 Å². The summed E-state index contributed by atoms with van der Waals surface area (Å²) in [6, 6.07) is 14.8. The maximum atomic E-state index is 4.35. The van der Waals surface area contributed by atoms with Gasteiger partial charge in [-0.3, -0.25) is 14.5 Å². The molecule has 0 radical (unpaired) electrons. The molecular formula is C21H28N4. The number of likely N-dealkylation sites (tertiary alicyclic amines) is 1. The zero-order valence-electron chi connectivity index (χ0n) is 14.9. The molecule has 4 heteroatoms. The van der Waals surface area contributed by atoms with E-state index in [9.17, 15) is 0 Å². The molecule has 132 valence electrons. The molecule has 4 nitrogen and oxygen atoms in total. The van der Waals surface area contributed by atoms with E-state index in [0.717, 1.165) is 24.5 Å². The van der Waals surface area contributed by atoms with Gasteiger partial charge in [0.15, 0.2) is 0 Å². The van der Waals surface area contributed by atoms with Crippen molar-refractivity contribution in [3.63, 3.8) is 0 Å². The molecule has 0 unspecified atom stereocenters. The van der Waals surface area contributed by atoms with Crippen LogP contribution in [0.4, 0.5) is 0 Å². The van der Waals surface area contributed by atoms with Crippen LogP contribution in [0.2, 0.25) is 0 Å². The van der Waals surface area contributed by atoms with Crippen LogP contribution in [0.25, 0.3) is 0 Å². The standard InChI is InChI=1S/C21H28N4/c1-2-6-17(7-3-1)19-16-24(11-5-13-25-12-4-10-22-25)20-18-8-14-23(15-9-18)21(19)20/h1-4,6-7,10,12,18-21H,5,8-9,11,13-16H2/t19-,20-,21-/m1/s1. The Morgan fingerprint density at radius 1 is 0.960 bits per heavy atom. The van der Waals surface area contributed by atoms with Gasteiger partial charge in [-0.2, -0.15) is 5.10 Å². The molecule has 2 aromatic rings. The maximum absolute atomic E-state index is 4.35. The van der Waals surface area contributed by atoms with Crippen LogP contribution in [0.5, 0.6) is 0 Å². The van der Waals surface area contributed by atoms with E-state index in [4.69, 9.17) is 0 Å². The third kappa shape index (κ3) is 2.81. The van der Waals surface area contributed by atoms with E-state index in [2.05, 4.69) is 56.1 Å². The lowest BCUT2D eigenvalue weighted by molar-refractivity contribution is -0.00697. The molecule has 1 aromatic carbocycles. The lowest BCUT2D eigenvalue weighted by atomic mass is 9.75. The van der Waals surface area contributed by atoms with Gasteiger partial charge in [-0.25, -0.2) is 0 Å². The topological polar surface area (TPSA) is 24.3 Å². The molecule has 0 N–H and O–H groups in total. The van der Waals surface area contributed by atoms with Crippen molar-refractivity contribution in [1.29, 1.82) is 0 Å². The number of hydrogen-bond donors (Lipinski definition) is 0. The summed E-state index contributed by atoms with van der Waals surface area (Å²) in [6.45, 7) is 6.10. The van der Waals surface area contributed by atoms with Crippen LogP contribution in [0.15, 0.2) is 48.8 Å². The fraction of sp³-hybridized carbons (Fsp3) is 0.571. The summed E-state index contributed by atoms with van der Waals surface area (Å²) in [4.78, 5) is 5.62. The average molecular weight is 336 g/mol. The highest BCUT2D eigenvalue weighted by Crippen LogP contribution is 2.46. The molecular weight excluding hydrogens is 308 g/mol. The number of aromatic nitrogens is 2. The fourth-order valence-electron chi connectivity index (χ4n) is 5.65. The number of nitrogens with zero attached hydrogens (tertiary/aromatic N) is 4. The second-order valence-corrected chi connectivity index (χ2v) is 7.99. The number of hydrogen-bond acceptors (Lipinski definition) is 3. The summed E-state index contributed by atoms with van der Waals surface area (Å²) in [7, 11) is 0. The van der Waals surface area contributed by atoms with Crippen molar-refractivity contribution in [3.8, 4) is 0 Å². The van der Waals surface area contributed by atoms with Crippen LogP contribution in [0, 0.1) is 5.92 Å². The van der Waals surface area contributed by atoms with Gasteiger partial charge in [0.05, 0.1) is 0 Å². The Kier molecular flexibility index (Phi) is 4.10. The van der Waals surface area contributed by atoms with E-state index in [0.29, 0.717) is 5.92 Å². The number of fused-ring (bicyclic) bond motifs is 2. The second-order valence-electron chi connectivity index (χ2n) is 7.99. The van der Waals surface area contributed by atoms with Crippen molar-refractivity contribution in [1.82, 2.24) is 19.6 Å². The molecule has 0 spiro atoms. The van der Waals surface area contributed by atoms with Gasteiger partial charge in [-0.05, 0) is 49.9 Å². The number of rotatable bonds is 5. The highest BCUT2D eigenvalue weighted by atomic mass is 15.3. The van der Waals surface area contributed by atoms with Crippen molar-refractivity contribution < 1.29 is 0 Å². The lowest BCUT2D eigenvalue weighted by Crippen LogP contribution is -2.60. The van der Waals surface area contributed by atoms with E-state index < -0.39 is 0 Å². The van der Waals surface area contributed by atoms with Gasteiger partial charge in [0.2, 0.25) is 0 Å². The number of aryl methyl sites for hydroxylation is 1. The van der Waals surface area contributed by atoms with Crippen LogP contribution in [-0.2, 0) is 6.54 Å². The molecule has 6 rings (SSSR count). The smallest absolute Gasteiger partial charge is 0.0489 e. The first-order valence-electron chi connectivity index (χ1n) is 9.90. The first-order valence-corrected chi connectivity index (χ1v) is 9.90. The van der Waals surface area contributed by atoms with Crippen LogP contribution in [0.1, 0.15) is 30.7 Å². The van der Waals surface area contributed by atoms with Gasteiger partial charge in [-0.1, -0.05) is 30.3 Å². The minimum Gasteiger partial charge on any atom is -0.298 e. The Labute approximate surface area is 150 Å². The Bertz CT molecular complexity index is 675. The number of piperidine rings is 3. The molecule has 4 saturated heterocycles. The third-order valence-electron chi connectivity index (χ3n) is 6.71. The molecule has 4 aliphatic heterocycles. The van der Waals surface area contributed by atoms with Gasteiger partial charge >= 0.3 is 0 Å². The van der Waals surface area contributed by atoms with E-state index in [1.165, 1.54) is 45.4 Å². The predicted molar refractivity (Wildman–Crippen MR) is 99.5 cm³/mol. The van der Waals surface area contributed by atoms with Crippen molar-refractivity contribution >= 4 is 0 Å². The van der Waals surface area contributed by atoms with Crippen molar-refractivity contribution in [2.75, 3.05) is 26.2 Å². The summed E-state index contributed by atoms with van der Waals surface area (Å²) in [5, 5.41) is 4.35. The molecule has 5 heterocycles. The monoisotopic (exact) mass is 336 g/mol. The van der Waals surface area contributed by atoms with Crippen molar-refractivity contribution in [2.45, 2.75) is 43.8 Å². The van der Waals surface area contributed by atoms with E-state index in [1.54, 1.807) is 5.56 Å². The predicted octanol–water partition coefficient (Wildman–Crippen LogP) is 2.84. The summed E-state index contributed by atoms with van der Waals surface area (Å²) in [6.07, 6.45) is 7.95. The Morgan fingerprint density at radius 2 is 1.80 bits per heavy atom. The molecule has 0 saturated carbocycles. The zero-order valence-corrected chi connectivity index (χ0v) is 14.9. The minimum atomic E-state index is 0.680. The maximum Gasteiger partial charge on any atom is 0.0489 e. The van der Waals surface area contributed by atoms with Crippen molar-refractivity contribution in [2.24, 2.45) is 5.92 Å². The second kappa shape index (κ2) is 6.58. The quantitative estimate of drug-likeness (QED) is 0.839. The Morgan fingerprint density at radius 3 is 2.56 bits per heavy atom. The molecule has 1 aromatic heterocycles. The molecule has 4 fully saturated rings. The molecule has 0 aliphatic carbocycles. The molecule has 3 atom stereocenters. The van der Waals surface area contributed by atoms with Crippen molar-refractivity contribution in [3.05, 3.63) is 54.4 Å². The summed E-state index contributed by atoms with van der Waals surface area (Å²) in [5.74, 6) is 1.59. The zero-order chi connectivity index (χ0) is 16.6. The largest absolute Gasteiger partial charge is 0.298 e. The van der Waals surface area contributed by atoms with Crippen LogP contribution < -0.4 is 0 Å². The first kappa shape index (κ1) is 15.6. The summed E-state index contributed by atoms with van der Waals surface area (Å²) in [5.41, 5.74) is 1.54. The van der Waals surface area contributed by atoms with Gasteiger partial charge < -0.3 is 0 Å². The van der Waals surface area contributed by atoms with Crippen LogP contribution in [-0.4, -0.2) is 57.8 Å². The first-order chi connectivity index (χ1) is 12.4. The van der Waals surface area contributed by atoms with Gasteiger partial charge in [0, 0.05) is 50.0 Å². The van der Waals surface area contributed by atoms with Crippen LogP contribution in [0.3, 0.4) is 0 Å². The summed E-state index contributed by atoms with van der Waals surface area (Å²) >= 11 is 0. The van der Waals surface area contributed by atoms with Gasteiger partial charge in [-0.15, -0.1) is 0 Å². The van der Waals surface area contributed by atoms with Gasteiger partial charge in [0.1, 0.15) is 0 Å². The summed E-state index contributed by atoms with van der Waals surface area (Å²) < 4.78 is 2.07. The molecule has 2 bridgehead atoms. The SMILES string of the molecule is c1ccc([C@H]2CN(CCCn3cccn3)[C@@H]3C4CCN(CC4)[C@H]23)cc1. The average Bonchev–Trinajstić information content (AvgIpc) is 3.33. The van der Waals surface area contributed by atoms with E-state index in [1.807, 2.05) is 12.3 Å². The van der Waals surface area contributed by atoms with E-state index >= 15 is 0 Å².